The predicted molar refractivity (Wildman–Crippen MR) is 51.8 cm³/mol. The first kappa shape index (κ1) is 11.6. The molecule has 0 radical (unpaired) electrons. The Morgan fingerprint density at radius 2 is 2.00 bits per heavy atom. The lowest BCUT2D eigenvalue weighted by Gasteiger charge is -2.21. The normalized spacial score (nSPS) is 21.9. The summed E-state index contributed by atoms with van der Waals surface area (Å²) < 4.78 is 10.4. The van der Waals surface area contributed by atoms with Crippen LogP contribution in [0.1, 0.15) is 13.3 Å². The number of carbonyl (C=O) groups is 2. The molecule has 0 bridgehead atoms. The summed E-state index contributed by atoms with van der Waals surface area (Å²) in [5, 5.41) is 0. The first-order chi connectivity index (χ1) is 6.44. The molecule has 14 heavy (non-hydrogen) atoms. The molecular weight excluding hydrogens is 254 g/mol. The number of rotatable bonds is 4. The molecule has 1 unspecified atom stereocenters. The molecule has 0 aromatic rings. The van der Waals surface area contributed by atoms with Crippen molar-refractivity contribution in [3.8, 4) is 0 Å². The van der Waals surface area contributed by atoms with E-state index in [1.807, 2.05) is 0 Å². The number of amides is 1. The predicted octanol–water partition coefficient (Wildman–Crippen LogP) is -0.0426. The van der Waals surface area contributed by atoms with E-state index in [9.17, 15) is 9.59 Å². The Kier molecular flexibility index (Phi) is 3.63. The van der Waals surface area contributed by atoms with Gasteiger partial charge in [0.05, 0.1) is 19.6 Å². The van der Waals surface area contributed by atoms with Crippen molar-refractivity contribution in [2.75, 3.05) is 13.2 Å². The van der Waals surface area contributed by atoms with Crippen LogP contribution in [0.3, 0.4) is 0 Å². The maximum Gasteiger partial charge on any atom is 0.238 e. The molecule has 1 amide bonds. The third-order valence-electron chi connectivity index (χ3n) is 1.93. The van der Waals surface area contributed by atoms with Crippen LogP contribution in [0.2, 0.25) is 0 Å². The zero-order valence-corrected chi connectivity index (χ0v) is 9.37. The minimum absolute atomic E-state index is 0.0197. The van der Waals surface area contributed by atoms with Crippen molar-refractivity contribution >= 4 is 27.6 Å². The van der Waals surface area contributed by atoms with E-state index >= 15 is 0 Å². The van der Waals surface area contributed by atoms with Crippen molar-refractivity contribution in [3.05, 3.63) is 0 Å². The molecule has 5 nitrogen and oxygen atoms in total. The summed E-state index contributed by atoms with van der Waals surface area (Å²) in [6.45, 7) is 2.60. The number of nitrogens with two attached hydrogens (primary N) is 1. The fraction of sp³-hybridized carbons (Fsp3) is 0.750. The first-order valence-corrected chi connectivity index (χ1v) is 5.10. The summed E-state index contributed by atoms with van der Waals surface area (Å²) in [7, 11) is 0. The van der Waals surface area contributed by atoms with Gasteiger partial charge in [-0.05, 0) is 6.92 Å². The van der Waals surface area contributed by atoms with Gasteiger partial charge in [0.2, 0.25) is 5.91 Å². The standard InChI is InChI=1S/C8H12BrNO4/c1-8(13-2-3-14-8)4-5(11)6(9)7(10)12/h6H,2-4H2,1H3,(H2,10,12). The van der Waals surface area contributed by atoms with Gasteiger partial charge in [-0.1, -0.05) is 15.9 Å². The first-order valence-electron chi connectivity index (χ1n) is 4.19. The Hall–Kier alpha value is -0.460. The van der Waals surface area contributed by atoms with Crippen LogP contribution in [0, 0.1) is 0 Å². The molecule has 1 saturated heterocycles. The van der Waals surface area contributed by atoms with Crippen LogP contribution in [-0.4, -0.2) is 35.5 Å². The molecule has 80 valence electrons. The molecule has 1 rings (SSSR count). The number of halogens is 1. The van der Waals surface area contributed by atoms with E-state index in [0.717, 1.165) is 0 Å². The van der Waals surface area contributed by atoms with Gasteiger partial charge in [-0.3, -0.25) is 9.59 Å². The molecule has 6 heteroatoms. The van der Waals surface area contributed by atoms with E-state index in [2.05, 4.69) is 15.9 Å². The maximum absolute atomic E-state index is 11.4. The molecule has 0 aliphatic carbocycles. The number of primary amides is 1. The van der Waals surface area contributed by atoms with E-state index in [0.29, 0.717) is 13.2 Å². The average Bonchev–Trinajstić information content (AvgIpc) is 2.50. The van der Waals surface area contributed by atoms with Crippen molar-refractivity contribution in [2.45, 2.75) is 24.0 Å². The molecule has 2 N–H and O–H groups in total. The van der Waals surface area contributed by atoms with E-state index in [-0.39, 0.29) is 12.2 Å². The molecule has 1 fully saturated rings. The Labute approximate surface area is 90.0 Å². The topological polar surface area (TPSA) is 78.6 Å². The zero-order chi connectivity index (χ0) is 10.8. The van der Waals surface area contributed by atoms with Gasteiger partial charge < -0.3 is 15.2 Å². The lowest BCUT2D eigenvalue weighted by Crippen LogP contribution is -2.37. The Morgan fingerprint density at radius 1 is 1.50 bits per heavy atom. The van der Waals surface area contributed by atoms with Crippen molar-refractivity contribution in [1.29, 1.82) is 0 Å². The largest absolute Gasteiger partial charge is 0.368 e. The highest BCUT2D eigenvalue weighted by molar-refractivity contribution is 9.10. The minimum Gasteiger partial charge on any atom is -0.368 e. The number of hydrogen-bond donors (Lipinski definition) is 1. The quantitative estimate of drug-likeness (QED) is 0.572. The van der Waals surface area contributed by atoms with Crippen molar-refractivity contribution in [1.82, 2.24) is 0 Å². The Bertz CT molecular complexity index is 250. The summed E-state index contributed by atoms with van der Waals surface area (Å²) in [6, 6.07) is 0. The molecule has 0 saturated carbocycles. The van der Waals surface area contributed by atoms with Crippen molar-refractivity contribution in [3.63, 3.8) is 0 Å². The number of alkyl halides is 1. The second-order valence-corrected chi connectivity index (χ2v) is 4.15. The molecule has 1 heterocycles. The van der Waals surface area contributed by atoms with Crippen LogP contribution >= 0.6 is 15.9 Å². The summed E-state index contributed by atoms with van der Waals surface area (Å²) >= 11 is 2.90. The summed E-state index contributed by atoms with van der Waals surface area (Å²) in [4.78, 5) is 21.2. The number of Topliss-reactive ketones (excluding diaryl/α,β-unsaturated/α-hetero) is 1. The smallest absolute Gasteiger partial charge is 0.238 e. The summed E-state index contributed by atoms with van der Waals surface area (Å²) in [5.41, 5.74) is 4.97. The summed E-state index contributed by atoms with van der Waals surface area (Å²) in [5.74, 6) is -1.93. The number of ether oxygens (including phenoxy) is 2. The maximum atomic E-state index is 11.4. The highest BCUT2D eigenvalue weighted by Crippen LogP contribution is 2.24. The van der Waals surface area contributed by atoms with Crippen LogP contribution in [0.4, 0.5) is 0 Å². The highest BCUT2D eigenvalue weighted by Gasteiger charge is 2.36. The second-order valence-electron chi connectivity index (χ2n) is 3.24. The highest BCUT2D eigenvalue weighted by atomic mass is 79.9. The average molecular weight is 266 g/mol. The van der Waals surface area contributed by atoms with Gasteiger partial charge in [0.25, 0.3) is 0 Å². The summed E-state index contributed by atoms with van der Waals surface area (Å²) in [6.07, 6.45) is 0.0197. The van der Waals surface area contributed by atoms with Gasteiger partial charge in [0.1, 0.15) is 0 Å². The third kappa shape index (κ3) is 2.76. The second kappa shape index (κ2) is 4.37. The lowest BCUT2D eigenvalue weighted by atomic mass is 10.1. The molecule has 0 aromatic heterocycles. The molecule has 0 aromatic carbocycles. The van der Waals surface area contributed by atoms with Crippen LogP contribution in [0.5, 0.6) is 0 Å². The number of hydrogen-bond acceptors (Lipinski definition) is 4. The van der Waals surface area contributed by atoms with Crippen LogP contribution in [0.15, 0.2) is 0 Å². The fourth-order valence-corrected chi connectivity index (χ4v) is 1.39. The molecular formula is C8H12BrNO4. The van der Waals surface area contributed by atoms with Gasteiger partial charge in [-0.25, -0.2) is 0 Å². The molecule has 1 aliphatic rings. The SMILES string of the molecule is CC1(CC(=O)C(Br)C(N)=O)OCCO1. The monoisotopic (exact) mass is 265 g/mol. The van der Waals surface area contributed by atoms with E-state index in [4.69, 9.17) is 15.2 Å². The van der Waals surface area contributed by atoms with Crippen LogP contribution in [-0.2, 0) is 19.1 Å². The van der Waals surface area contributed by atoms with Crippen molar-refractivity contribution in [2.24, 2.45) is 5.73 Å². The van der Waals surface area contributed by atoms with Gasteiger partial charge in [0, 0.05) is 0 Å². The van der Waals surface area contributed by atoms with Crippen LogP contribution in [0.25, 0.3) is 0 Å². The number of ketones is 1. The fourth-order valence-electron chi connectivity index (χ4n) is 1.22. The van der Waals surface area contributed by atoms with Crippen LogP contribution < -0.4 is 5.73 Å². The van der Waals surface area contributed by atoms with Crippen molar-refractivity contribution < 1.29 is 19.1 Å². The van der Waals surface area contributed by atoms with Gasteiger partial charge >= 0.3 is 0 Å². The Morgan fingerprint density at radius 3 is 2.43 bits per heavy atom. The zero-order valence-electron chi connectivity index (χ0n) is 7.79. The van der Waals surface area contributed by atoms with E-state index in [1.54, 1.807) is 6.92 Å². The van der Waals surface area contributed by atoms with Gasteiger partial charge in [-0.2, -0.15) is 0 Å². The van der Waals surface area contributed by atoms with E-state index in [1.165, 1.54) is 0 Å². The van der Waals surface area contributed by atoms with Gasteiger partial charge in [0.15, 0.2) is 16.4 Å². The lowest BCUT2D eigenvalue weighted by molar-refractivity contribution is -0.158. The molecule has 0 spiro atoms. The molecule has 1 atom stereocenters. The molecule has 1 aliphatic heterocycles. The third-order valence-corrected chi connectivity index (χ3v) is 2.89. The van der Waals surface area contributed by atoms with Gasteiger partial charge in [-0.15, -0.1) is 0 Å². The van der Waals surface area contributed by atoms with E-state index < -0.39 is 16.5 Å². The Balaban J connectivity index is 2.51. The number of carbonyl (C=O) groups excluding carboxylic acids is 2. The minimum atomic E-state index is -0.966.